The number of nitro benzene ring substituents is 1. The Labute approximate surface area is 135 Å². The van der Waals surface area contributed by atoms with Gasteiger partial charge in [0.05, 0.1) is 10.5 Å². The summed E-state index contributed by atoms with van der Waals surface area (Å²) in [5, 5.41) is 11.6. The van der Waals surface area contributed by atoms with Crippen molar-refractivity contribution >= 4 is 5.69 Å². The third-order valence-electron chi connectivity index (χ3n) is 4.20. The van der Waals surface area contributed by atoms with Crippen LogP contribution in [0.15, 0.2) is 66.7 Å². The van der Waals surface area contributed by atoms with Gasteiger partial charge in [0.15, 0.2) is 0 Å². The minimum Gasteiger partial charge on any atom is -0.258 e. The van der Waals surface area contributed by atoms with Crippen molar-refractivity contribution in [3.05, 3.63) is 88.0 Å². The van der Waals surface area contributed by atoms with E-state index in [1.165, 1.54) is 0 Å². The molecule has 0 aromatic heterocycles. The van der Waals surface area contributed by atoms with Crippen LogP contribution in [-0.2, 0) is 0 Å². The minimum atomic E-state index is -0.302. The molecule has 0 saturated heterocycles. The van der Waals surface area contributed by atoms with Crippen molar-refractivity contribution in [1.82, 2.24) is 0 Å². The van der Waals surface area contributed by atoms with E-state index in [1.54, 1.807) is 6.07 Å². The van der Waals surface area contributed by atoms with Crippen molar-refractivity contribution in [2.45, 2.75) is 13.8 Å². The molecule has 0 amide bonds. The number of benzene rings is 3. The second-order valence-electron chi connectivity index (χ2n) is 5.60. The fraction of sp³-hybridized carbons (Fsp3) is 0.100. The zero-order valence-electron chi connectivity index (χ0n) is 13.1. The van der Waals surface area contributed by atoms with E-state index in [1.807, 2.05) is 74.5 Å². The van der Waals surface area contributed by atoms with Gasteiger partial charge in [-0.25, -0.2) is 0 Å². The first-order valence-corrected chi connectivity index (χ1v) is 7.48. The topological polar surface area (TPSA) is 43.1 Å². The van der Waals surface area contributed by atoms with Crippen molar-refractivity contribution in [1.29, 1.82) is 0 Å². The summed E-state index contributed by atoms with van der Waals surface area (Å²) in [4.78, 5) is 11.3. The molecule has 0 spiro atoms. The van der Waals surface area contributed by atoms with E-state index in [-0.39, 0.29) is 10.6 Å². The summed E-state index contributed by atoms with van der Waals surface area (Å²) in [6.45, 7) is 4.02. The third kappa shape index (κ3) is 2.86. The van der Waals surface area contributed by atoms with E-state index < -0.39 is 0 Å². The van der Waals surface area contributed by atoms with E-state index in [0.29, 0.717) is 5.56 Å². The van der Waals surface area contributed by atoms with Crippen molar-refractivity contribution in [3.63, 3.8) is 0 Å². The predicted molar refractivity (Wildman–Crippen MR) is 93.4 cm³/mol. The normalized spacial score (nSPS) is 10.5. The van der Waals surface area contributed by atoms with E-state index in [0.717, 1.165) is 27.8 Å². The van der Waals surface area contributed by atoms with Crippen LogP contribution in [0, 0.1) is 24.0 Å². The number of hydrogen-bond acceptors (Lipinski definition) is 2. The van der Waals surface area contributed by atoms with Gasteiger partial charge in [0.1, 0.15) is 0 Å². The zero-order valence-corrected chi connectivity index (χ0v) is 13.1. The highest BCUT2D eigenvalue weighted by molar-refractivity contribution is 5.81. The van der Waals surface area contributed by atoms with Gasteiger partial charge in [-0.05, 0) is 47.7 Å². The number of rotatable bonds is 3. The van der Waals surface area contributed by atoms with Gasteiger partial charge in [-0.3, -0.25) is 10.1 Å². The zero-order chi connectivity index (χ0) is 16.4. The minimum absolute atomic E-state index is 0.139. The van der Waals surface area contributed by atoms with Crippen LogP contribution in [0.1, 0.15) is 11.1 Å². The largest absolute Gasteiger partial charge is 0.277 e. The number of aryl methyl sites for hydroxylation is 1. The van der Waals surface area contributed by atoms with Crippen LogP contribution in [0.3, 0.4) is 0 Å². The van der Waals surface area contributed by atoms with Gasteiger partial charge in [0.25, 0.3) is 5.69 Å². The first-order chi connectivity index (χ1) is 11.1. The fourth-order valence-corrected chi connectivity index (χ4v) is 2.76. The molecule has 3 heteroatoms. The van der Waals surface area contributed by atoms with Gasteiger partial charge in [0, 0.05) is 6.07 Å². The maximum atomic E-state index is 11.6. The Kier molecular flexibility index (Phi) is 3.94. The Balaban J connectivity index is 2.19. The SMILES string of the molecule is Cc1cccc(-c2ccc(-c3ccccc3)cc2[N+](=O)[O-])c1C. The highest BCUT2D eigenvalue weighted by Gasteiger charge is 2.18. The van der Waals surface area contributed by atoms with E-state index in [4.69, 9.17) is 0 Å². The average molecular weight is 303 g/mol. The fourth-order valence-electron chi connectivity index (χ4n) is 2.76. The van der Waals surface area contributed by atoms with E-state index in [9.17, 15) is 10.1 Å². The second kappa shape index (κ2) is 6.05. The molecule has 0 bridgehead atoms. The lowest BCUT2D eigenvalue weighted by atomic mass is 9.94. The van der Waals surface area contributed by atoms with Crippen molar-refractivity contribution in [3.8, 4) is 22.3 Å². The quantitative estimate of drug-likeness (QED) is 0.470. The lowest BCUT2D eigenvalue weighted by molar-refractivity contribution is -0.384. The molecule has 0 N–H and O–H groups in total. The van der Waals surface area contributed by atoms with Crippen LogP contribution in [0.4, 0.5) is 5.69 Å². The van der Waals surface area contributed by atoms with E-state index in [2.05, 4.69) is 0 Å². The molecule has 114 valence electrons. The van der Waals surface area contributed by atoms with Gasteiger partial charge in [0.2, 0.25) is 0 Å². The molecule has 0 fully saturated rings. The Morgan fingerprint density at radius 3 is 2.22 bits per heavy atom. The molecule has 0 aliphatic carbocycles. The molecule has 3 nitrogen and oxygen atoms in total. The van der Waals surface area contributed by atoms with Gasteiger partial charge in [-0.1, -0.05) is 54.6 Å². The Hall–Kier alpha value is -2.94. The number of nitro groups is 1. The summed E-state index contributed by atoms with van der Waals surface area (Å²) in [5.74, 6) is 0. The van der Waals surface area contributed by atoms with Gasteiger partial charge in [-0.2, -0.15) is 0 Å². The summed E-state index contributed by atoms with van der Waals surface area (Å²) >= 11 is 0. The highest BCUT2D eigenvalue weighted by atomic mass is 16.6. The first kappa shape index (κ1) is 15.0. The molecule has 0 atom stereocenters. The Bertz CT molecular complexity index is 870. The second-order valence-corrected chi connectivity index (χ2v) is 5.60. The molecule has 0 unspecified atom stereocenters. The van der Waals surface area contributed by atoms with Gasteiger partial charge in [-0.15, -0.1) is 0 Å². The van der Waals surface area contributed by atoms with Crippen LogP contribution >= 0.6 is 0 Å². The molecule has 0 aliphatic heterocycles. The standard InChI is InChI=1S/C20H17NO2/c1-14-7-6-10-18(15(14)2)19-12-11-17(13-20(19)21(22)23)16-8-4-3-5-9-16/h3-13H,1-2H3. The lowest BCUT2D eigenvalue weighted by Crippen LogP contribution is -1.95. The molecule has 0 radical (unpaired) electrons. The van der Waals surface area contributed by atoms with E-state index >= 15 is 0 Å². The molecular formula is C20H17NO2. The molecule has 0 saturated carbocycles. The van der Waals surface area contributed by atoms with Gasteiger partial charge >= 0.3 is 0 Å². The number of nitrogens with zero attached hydrogens (tertiary/aromatic N) is 1. The summed E-state index contributed by atoms with van der Waals surface area (Å²) < 4.78 is 0. The molecule has 0 aliphatic rings. The molecule has 3 rings (SSSR count). The Morgan fingerprint density at radius 1 is 0.783 bits per heavy atom. The third-order valence-corrected chi connectivity index (χ3v) is 4.20. The molecule has 3 aromatic carbocycles. The van der Waals surface area contributed by atoms with Crippen LogP contribution in [0.2, 0.25) is 0 Å². The molecular weight excluding hydrogens is 286 g/mol. The lowest BCUT2D eigenvalue weighted by Gasteiger charge is -2.11. The average Bonchev–Trinajstić information content (AvgIpc) is 2.58. The van der Waals surface area contributed by atoms with Crippen LogP contribution in [0.25, 0.3) is 22.3 Å². The summed E-state index contributed by atoms with van der Waals surface area (Å²) in [6.07, 6.45) is 0. The molecule has 3 aromatic rings. The summed E-state index contributed by atoms with van der Waals surface area (Å²) in [5.41, 5.74) is 5.74. The number of hydrogen-bond donors (Lipinski definition) is 0. The predicted octanol–water partition coefficient (Wildman–Crippen LogP) is 5.55. The maximum absolute atomic E-state index is 11.6. The van der Waals surface area contributed by atoms with Crippen LogP contribution in [0.5, 0.6) is 0 Å². The van der Waals surface area contributed by atoms with Crippen molar-refractivity contribution < 1.29 is 4.92 Å². The maximum Gasteiger partial charge on any atom is 0.277 e. The van der Waals surface area contributed by atoms with Crippen molar-refractivity contribution in [2.75, 3.05) is 0 Å². The van der Waals surface area contributed by atoms with Crippen LogP contribution in [-0.4, -0.2) is 4.92 Å². The molecule has 0 heterocycles. The monoisotopic (exact) mass is 303 g/mol. The van der Waals surface area contributed by atoms with Gasteiger partial charge < -0.3 is 0 Å². The van der Waals surface area contributed by atoms with Crippen LogP contribution < -0.4 is 0 Å². The summed E-state index contributed by atoms with van der Waals surface area (Å²) in [6, 6.07) is 21.0. The highest BCUT2D eigenvalue weighted by Crippen LogP contribution is 2.36. The van der Waals surface area contributed by atoms with Crippen molar-refractivity contribution in [2.24, 2.45) is 0 Å². The molecule has 23 heavy (non-hydrogen) atoms. The smallest absolute Gasteiger partial charge is 0.258 e. The first-order valence-electron chi connectivity index (χ1n) is 7.48. The summed E-state index contributed by atoms with van der Waals surface area (Å²) in [7, 11) is 0. The Morgan fingerprint density at radius 2 is 1.52 bits per heavy atom.